The lowest BCUT2D eigenvalue weighted by Gasteiger charge is -2.38. The maximum Gasteiger partial charge on any atom is 0.270 e. The number of anilines is 2. The molecule has 8 heteroatoms. The standard InChI is InChI=1S/C22H26N6O2/c1-15-16(2)21(30)28(25-20(15)27-10-7-22(14-27)5-3-6-22)13-19(29)24-17-4-9-26-11-8-23-18(26)12-17/h4,8-9,11-12H,3,5-7,10,13-14H2,1-2H3,(H,24,29). The van der Waals surface area contributed by atoms with Crippen LogP contribution in [0.15, 0.2) is 35.5 Å². The summed E-state index contributed by atoms with van der Waals surface area (Å²) in [5.74, 6) is 0.550. The number of carbonyl (C=O) groups is 1. The van der Waals surface area contributed by atoms with Crippen LogP contribution in [-0.4, -0.2) is 38.2 Å². The second-order valence-electron chi connectivity index (χ2n) is 8.72. The van der Waals surface area contributed by atoms with E-state index in [4.69, 9.17) is 0 Å². The Hall–Kier alpha value is -3.16. The van der Waals surface area contributed by atoms with Gasteiger partial charge in [-0.3, -0.25) is 9.59 Å². The van der Waals surface area contributed by atoms with Crippen molar-refractivity contribution in [2.24, 2.45) is 5.41 Å². The van der Waals surface area contributed by atoms with Crippen LogP contribution in [0.4, 0.5) is 11.5 Å². The molecule has 0 radical (unpaired) electrons. The first-order valence-corrected chi connectivity index (χ1v) is 10.5. The second-order valence-corrected chi connectivity index (χ2v) is 8.72. The van der Waals surface area contributed by atoms with Crippen molar-refractivity contribution in [3.63, 3.8) is 0 Å². The largest absolute Gasteiger partial charge is 0.354 e. The van der Waals surface area contributed by atoms with Crippen LogP contribution in [0.25, 0.3) is 5.65 Å². The molecule has 1 aliphatic heterocycles. The molecule has 2 fully saturated rings. The third-order valence-corrected chi connectivity index (χ3v) is 6.80. The summed E-state index contributed by atoms with van der Waals surface area (Å²) in [4.78, 5) is 31.9. The zero-order valence-corrected chi connectivity index (χ0v) is 17.4. The van der Waals surface area contributed by atoms with Crippen molar-refractivity contribution in [2.45, 2.75) is 46.1 Å². The summed E-state index contributed by atoms with van der Waals surface area (Å²) < 4.78 is 3.16. The van der Waals surface area contributed by atoms with Crippen LogP contribution in [0.2, 0.25) is 0 Å². The maximum absolute atomic E-state index is 12.8. The van der Waals surface area contributed by atoms with Crippen LogP contribution >= 0.6 is 0 Å². The topological polar surface area (TPSA) is 84.5 Å². The molecule has 5 rings (SSSR count). The van der Waals surface area contributed by atoms with E-state index in [0.29, 0.717) is 16.7 Å². The molecular formula is C22H26N6O2. The van der Waals surface area contributed by atoms with Gasteiger partial charge in [0.1, 0.15) is 12.2 Å². The average Bonchev–Trinajstić information content (AvgIpc) is 3.35. The molecule has 0 aromatic carbocycles. The second kappa shape index (κ2) is 6.97. The van der Waals surface area contributed by atoms with E-state index >= 15 is 0 Å². The molecule has 156 valence electrons. The third-order valence-electron chi connectivity index (χ3n) is 6.80. The summed E-state index contributed by atoms with van der Waals surface area (Å²) >= 11 is 0. The first-order chi connectivity index (χ1) is 14.4. The number of hydrogen-bond donors (Lipinski definition) is 1. The Labute approximate surface area is 174 Å². The van der Waals surface area contributed by atoms with Gasteiger partial charge in [0.25, 0.3) is 5.56 Å². The zero-order valence-electron chi connectivity index (χ0n) is 17.4. The molecule has 1 N–H and O–H groups in total. The van der Waals surface area contributed by atoms with E-state index in [0.717, 1.165) is 30.1 Å². The molecule has 30 heavy (non-hydrogen) atoms. The molecular weight excluding hydrogens is 380 g/mol. The Morgan fingerprint density at radius 1 is 1.20 bits per heavy atom. The summed E-state index contributed by atoms with van der Waals surface area (Å²) in [6.45, 7) is 5.61. The first-order valence-electron chi connectivity index (χ1n) is 10.5. The highest BCUT2D eigenvalue weighted by atomic mass is 16.2. The molecule has 0 unspecified atom stereocenters. The minimum absolute atomic E-state index is 0.119. The number of nitrogens with zero attached hydrogens (tertiary/aromatic N) is 5. The first kappa shape index (κ1) is 18.8. The number of imidazole rings is 1. The van der Waals surface area contributed by atoms with E-state index in [2.05, 4.69) is 20.3 Å². The number of amides is 1. The summed E-state index contributed by atoms with van der Waals surface area (Å²) in [5, 5.41) is 7.46. The number of hydrogen-bond acceptors (Lipinski definition) is 5. The van der Waals surface area contributed by atoms with Crippen LogP contribution in [0.5, 0.6) is 0 Å². The minimum atomic E-state index is -0.286. The van der Waals surface area contributed by atoms with E-state index in [-0.39, 0.29) is 18.0 Å². The van der Waals surface area contributed by atoms with Gasteiger partial charge >= 0.3 is 0 Å². The molecule has 1 amide bonds. The summed E-state index contributed by atoms with van der Waals surface area (Å²) in [6.07, 6.45) is 10.4. The lowest BCUT2D eigenvalue weighted by atomic mass is 9.68. The quantitative estimate of drug-likeness (QED) is 0.720. The van der Waals surface area contributed by atoms with Crippen molar-refractivity contribution in [2.75, 3.05) is 23.3 Å². The molecule has 0 atom stereocenters. The van der Waals surface area contributed by atoms with Crippen LogP contribution < -0.4 is 15.8 Å². The van der Waals surface area contributed by atoms with Crippen molar-refractivity contribution < 1.29 is 4.79 Å². The monoisotopic (exact) mass is 406 g/mol. The van der Waals surface area contributed by atoms with Crippen LogP contribution in [0.1, 0.15) is 36.8 Å². The molecule has 4 heterocycles. The zero-order chi connectivity index (χ0) is 20.9. The molecule has 2 aliphatic rings. The van der Waals surface area contributed by atoms with E-state index in [1.165, 1.54) is 30.4 Å². The molecule has 1 saturated heterocycles. The Balaban J connectivity index is 1.37. The summed E-state index contributed by atoms with van der Waals surface area (Å²) in [6, 6.07) is 3.60. The summed E-state index contributed by atoms with van der Waals surface area (Å²) in [5.41, 5.74) is 3.18. The number of fused-ring (bicyclic) bond motifs is 1. The fraction of sp³-hybridized carbons (Fsp3) is 0.455. The van der Waals surface area contributed by atoms with Gasteiger partial charge in [0.2, 0.25) is 5.91 Å². The van der Waals surface area contributed by atoms with Gasteiger partial charge in [0.05, 0.1) is 0 Å². The molecule has 0 bridgehead atoms. The lowest BCUT2D eigenvalue weighted by Crippen LogP contribution is -2.36. The fourth-order valence-corrected chi connectivity index (χ4v) is 4.69. The highest BCUT2D eigenvalue weighted by molar-refractivity contribution is 5.91. The van der Waals surface area contributed by atoms with Crippen molar-refractivity contribution in [3.8, 4) is 0 Å². The van der Waals surface area contributed by atoms with Crippen molar-refractivity contribution in [3.05, 3.63) is 52.2 Å². The fourth-order valence-electron chi connectivity index (χ4n) is 4.69. The van der Waals surface area contributed by atoms with Crippen LogP contribution in [0.3, 0.4) is 0 Å². The van der Waals surface area contributed by atoms with Gasteiger partial charge in [-0.15, -0.1) is 0 Å². The maximum atomic E-state index is 12.8. The lowest BCUT2D eigenvalue weighted by molar-refractivity contribution is -0.117. The smallest absolute Gasteiger partial charge is 0.270 e. The van der Waals surface area contributed by atoms with Crippen LogP contribution in [-0.2, 0) is 11.3 Å². The number of aromatic nitrogens is 4. The number of rotatable bonds is 4. The van der Waals surface area contributed by atoms with Crippen molar-refractivity contribution >= 4 is 23.1 Å². The molecule has 1 aliphatic carbocycles. The minimum Gasteiger partial charge on any atom is -0.354 e. The van der Waals surface area contributed by atoms with E-state index in [1.807, 2.05) is 30.6 Å². The van der Waals surface area contributed by atoms with Gasteiger partial charge < -0.3 is 14.6 Å². The molecule has 3 aromatic rings. The predicted octanol–water partition coefficient (Wildman–Crippen LogP) is 2.53. The Morgan fingerprint density at radius 2 is 2.03 bits per heavy atom. The van der Waals surface area contributed by atoms with Gasteiger partial charge in [-0.2, -0.15) is 5.10 Å². The number of nitrogens with one attached hydrogen (secondary N) is 1. The van der Waals surface area contributed by atoms with Gasteiger partial charge in [-0.1, -0.05) is 6.42 Å². The third kappa shape index (κ3) is 3.16. The number of pyridine rings is 1. The average molecular weight is 406 g/mol. The normalized spacial score (nSPS) is 17.5. The van der Waals surface area contributed by atoms with Crippen molar-refractivity contribution in [1.29, 1.82) is 0 Å². The Morgan fingerprint density at radius 3 is 2.77 bits per heavy atom. The van der Waals surface area contributed by atoms with Crippen molar-refractivity contribution in [1.82, 2.24) is 19.2 Å². The molecule has 1 spiro atoms. The van der Waals surface area contributed by atoms with Gasteiger partial charge in [-0.05, 0) is 44.6 Å². The van der Waals surface area contributed by atoms with Gasteiger partial charge in [0, 0.05) is 54.6 Å². The van der Waals surface area contributed by atoms with E-state index in [1.54, 1.807) is 18.3 Å². The SMILES string of the molecule is Cc1c(N2CCC3(CCC3)C2)nn(CC(=O)Nc2ccn3ccnc3c2)c(=O)c1C. The van der Waals surface area contributed by atoms with E-state index < -0.39 is 0 Å². The predicted molar refractivity (Wildman–Crippen MR) is 115 cm³/mol. The molecule has 8 nitrogen and oxygen atoms in total. The van der Waals surface area contributed by atoms with E-state index in [9.17, 15) is 9.59 Å². The highest BCUT2D eigenvalue weighted by Crippen LogP contribution is 2.48. The highest BCUT2D eigenvalue weighted by Gasteiger charge is 2.43. The number of carbonyl (C=O) groups excluding carboxylic acids is 1. The Bertz CT molecular complexity index is 1190. The van der Waals surface area contributed by atoms with Gasteiger partial charge in [-0.25, -0.2) is 9.67 Å². The molecule has 1 saturated carbocycles. The summed E-state index contributed by atoms with van der Waals surface area (Å²) in [7, 11) is 0. The Kier molecular flexibility index (Phi) is 4.38. The van der Waals surface area contributed by atoms with Gasteiger partial charge in [0.15, 0.2) is 5.82 Å². The van der Waals surface area contributed by atoms with Crippen LogP contribution in [0, 0.1) is 19.3 Å². The molecule has 3 aromatic heterocycles.